The van der Waals surface area contributed by atoms with E-state index in [2.05, 4.69) is 16.1 Å². The van der Waals surface area contributed by atoms with Gasteiger partial charge in [-0.2, -0.15) is 14.0 Å². The van der Waals surface area contributed by atoms with Gasteiger partial charge in [-0.3, -0.25) is 10.1 Å². The molecule has 0 aliphatic heterocycles. The van der Waals surface area contributed by atoms with Gasteiger partial charge in [0.25, 0.3) is 5.91 Å². The zero-order chi connectivity index (χ0) is 25.5. The van der Waals surface area contributed by atoms with E-state index >= 15 is 0 Å². The number of alkyl halides is 2. The van der Waals surface area contributed by atoms with Crippen molar-refractivity contribution in [1.29, 1.82) is 5.26 Å². The van der Waals surface area contributed by atoms with Crippen molar-refractivity contribution in [2.75, 3.05) is 11.9 Å². The normalized spacial score (nSPS) is 10.5. The number of benzene rings is 3. The molecule has 0 saturated carbocycles. The van der Waals surface area contributed by atoms with E-state index in [0.717, 1.165) is 11.6 Å². The van der Waals surface area contributed by atoms with Crippen LogP contribution in [0.3, 0.4) is 0 Å². The summed E-state index contributed by atoms with van der Waals surface area (Å²) in [5.41, 5.74) is 1.96. The maximum absolute atomic E-state index is 12.5. The molecule has 4 aromatic rings. The lowest BCUT2D eigenvalue weighted by atomic mass is 9.98. The number of carbonyl (C=O) groups excluding carboxylic acids is 2. The van der Waals surface area contributed by atoms with Gasteiger partial charge in [0, 0.05) is 11.1 Å². The third-order valence-corrected chi connectivity index (χ3v) is 5.00. The van der Waals surface area contributed by atoms with Crippen molar-refractivity contribution in [3.63, 3.8) is 0 Å². The second-order valence-electron chi connectivity index (χ2n) is 7.38. The molecule has 0 aliphatic rings. The fourth-order valence-corrected chi connectivity index (χ4v) is 3.48. The van der Waals surface area contributed by atoms with Crippen LogP contribution in [0.1, 0.15) is 15.9 Å². The number of esters is 1. The summed E-state index contributed by atoms with van der Waals surface area (Å²) in [4.78, 5) is 24.8. The van der Waals surface area contributed by atoms with Crippen LogP contribution in [0.2, 0.25) is 0 Å². The maximum atomic E-state index is 12.5. The summed E-state index contributed by atoms with van der Waals surface area (Å²) >= 11 is 0. The predicted octanol–water partition coefficient (Wildman–Crippen LogP) is 5.88. The molecule has 1 amide bonds. The van der Waals surface area contributed by atoms with Crippen LogP contribution in [0, 0.1) is 11.3 Å². The molecule has 1 aromatic heterocycles. The number of amides is 1. The molecule has 36 heavy (non-hydrogen) atoms. The number of hydrogen-bond acceptors (Lipinski definition) is 6. The highest BCUT2D eigenvalue weighted by atomic mass is 19.3. The SMILES string of the molecule is N#Cc1c(NC(=O)COC(=O)c2cccc(OC(F)F)c2)oc(-c2ccccc2)c1-c1ccccc1. The van der Waals surface area contributed by atoms with Crippen LogP contribution in [0.4, 0.5) is 14.7 Å². The third-order valence-electron chi connectivity index (χ3n) is 5.00. The molecular weight excluding hydrogens is 470 g/mol. The minimum absolute atomic E-state index is 0.0746. The van der Waals surface area contributed by atoms with Gasteiger partial charge in [-0.15, -0.1) is 0 Å². The third kappa shape index (κ3) is 5.56. The number of rotatable bonds is 8. The number of halogens is 2. The first-order valence-electron chi connectivity index (χ1n) is 10.7. The number of nitrogens with zero attached hydrogens (tertiary/aromatic N) is 1. The van der Waals surface area contributed by atoms with Crippen LogP contribution in [0.15, 0.2) is 89.3 Å². The number of hydrogen-bond donors (Lipinski definition) is 1. The zero-order valence-corrected chi connectivity index (χ0v) is 18.6. The molecule has 9 heteroatoms. The molecule has 7 nitrogen and oxygen atoms in total. The van der Waals surface area contributed by atoms with E-state index in [9.17, 15) is 23.6 Å². The Kier molecular flexibility index (Phi) is 7.36. The average Bonchev–Trinajstić information content (AvgIpc) is 3.26. The number of ether oxygens (including phenoxy) is 2. The summed E-state index contributed by atoms with van der Waals surface area (Å²) in [6.07, 6.45) is 0. The van der Waals surface area contributed by atoms with E-state index in [0.29, 0.717) is 16.9 Å². The average molecular weight is 488 g/mol. The van der Waals surface area contributed by atoms with Crippen molar-refractivity contribution < 1.29 is 32.3 Å². The highest BCUT2D eigenvalue weighted by molar-refractivity contribution is 5.98. The first kappa shape index (κ1) is 24.2. The molecule has 1 heterocycles. The van der Waals surface area contributed by atoms with Crippen molar-refractivity contribution in [3.8, 4) is 34.3 Å². The Morgan fingerprint density at radius 1 is 0.944 bits per heavy atom. The van der Waals surface area contributed by atoms with Crippen LogP contribution in [-0.4, -0.2) is 25.1 Å². The van der Waals surface area contributed by atoms with Crippen LogP contribution in [-0.2, 0) is 9.53 Å². The molecule has 3 aromatic carbocycles. The van der Waals surface area contributed by atoms with Gasteiger partial charge < -0.3 is 13.9 Å². The van der Waals surface area contributed by atoms with E-state index in [4.69, 9.17) is 9.15 Å². The molecule has 0 fully saturated rings. The molecule has 180 valence electrons. The van der Waals surface area contributed by atoms with E-state index in [1.165, 1.54) is 18.2 Å². The molecule has 0 aliphatic carbocycles. The van der Waals surface area contributed by atoms with Crippen LogP contribution in [0.5, 0.6) is 5.75 Å². The van der Waals surface area contributed by atoms with Crippen LogP contribution >= 0.6 is 0 Å². The minimum atomic E-state index is -3.05. The fourth-order valence-electron chi connectivity index (χ4n) is 3.48. The number of nitriles is 1. The summed E-state index contributed by atoms with van der Waals surface area (Å²) in [6, 6.07) is 25.3. The maximum Gasteiger partial charge on any atom is 0.387 e. The first-order chi connectivity index (χ1) is 17.5. The Balaban J connectivity index is 1.54. The summed E-state index contributed by atoms with van der Waals surface area (Å²) in [5, 5.41) is 12.4. The van der Waals surface area contributed by atoms with Gasteiger partial charge in [0.15, 0.2) is 6.61 Å². The Morgan fingerprint density at radius 2 is 1.61 bits per heavy atom. The molecule has 0 unspecified atom stereocenters. The van der Waals surface area contributed by atoms with Gasteiger partial charge >= 0.3 is 12.6 Å². The highest BCUT2D eigenvalue weighted by Crippen LogP contribution is 2.41. The van der Waals surface area contributed by atoms with Crippen molar-refractivity contribution in [1.82, 2.24) is 0 Å². The first-order valence-corrected chi connectivity index (χ1v) is 10.7. The highest BCUT2D eigenvalue weighted by Gasteiger charge is 2.24. The van der Waals surface area contributed by atoms with Gasteiger partial charge in [-0.25, -0.2) is 4.79 Å². The molecule has 0 bridgehead atoms. The lowest BCUT2D eigenvalue weighted by Gasteiger charge is -2.07. The van der Waals surface area contributed by atoms with Gasteiger partial charge in [-0.05, 0) is 23.8 Å². The molecule has 0 atom stereocenters. The molecule has 1 N–H and O–H groups in total. The Labute approximate surface area is 204 Å². The molecule has 0 saturated heterocycles. The number of carbonyl (C=O) groups is 2. The Hall–Kier alpha value is -4.97. The Bertz CT molecular complexity index is 1410. The molecule has 4 rings (SSSR count). The molecule has 0 spiro atoms. The standard InChI is InChI=1S/C27H18F2N2O5/c28-27(29)35-20-13-7-12-19(14-20)26(33)34-16-22(32)31-25-21(15-30)23(17-8-3-1-4-9-17)24(36-25)18-10-5-2-6-11-18/h1-14,27H,16H2,(H,31,32). The summed E-state index contributed by atoms with van der Waals surface area (Å²) in [7, 11) is 0. The van der Waals surface area contributed by atoms with Crippen molar-refractivity contribution in [2.45, 2.75) is 6.61 Å². The minimum Gasteiger partial charge on any atom is -0.452 e. The number of anilines is 1. The van der Waals surface area contributed by atoms with E-state index < -0.39 is 25.1 Å². The van der Waals surface area contributed by atoms with Gasteiger partial charge in [0.2, 0.25) is 5.88 Å². The lowest BCUT2D eigenvalue weighted by Crippen LogP contribution is -2.21. The predicted molar refractivity (Wildman–Crippen MR) is 126 cm³/mol. The van der Waals surface area contributed by atoms with E-state index in [-0.39, 0.29) is 22.8 Å². The van der Waals surface area contributed by atoms with Crippen LogP contribution < -0.4 is 10.1 Å². The van der Waals surface area contributed by atoms with Gasteiger partial charge in [0.1, 0.15) is 23.1 Å². The summed E-state index contributed by atoms with van der Waals surface area (Å²) in [6.45, 7) is -3.75. The van der Waals surface area contributed by atoms with Gasteiger partial charge in [0.05, 0.1) is 5.56 Å². The van der Waals surface area contributed by atoms with E-state index in [1.54, 1.807) is 0 Å². The number of nitrogens with one attached hydrogen (secondary N) is 1. The fraction of sp³-hybridized carbons (Fsp3) is 0.0741. The van der Waals surface area contributed by atoms with Crippen LogP contribution in [0.25, 0.3) is 22.5 Å². The molecule has 0 radical (unpaired) electrons. The smallest absolute Gasteiger partial charge is 0.387 e. The van der Waals surface area contributed by atoms with Crippen molar-refractivity contribution in [3.05, 3.63) is 96.1 Å². The monoisotopic (exact) mass is 488 g/mol. The van der Waals surface area contributed by atoms with Crippen molar-refractivity contribution in [2.24, 2.45) is 0 Å². The van der Waals surface area contributed by atoms with Crippen molar-refractivity contribution >= 4 is 17.8 Å². The second kappa shape index (κ2) is 11.0. The van der Waals surface area contributed by atoms with E-state index in [1.807, 2.05) is 60.7 Å². The van der Waals surface area contributed by atoms with Gasteiger partial charge in [-0.1, -0.05) is 66.7 Å². The lowest BCUT2D eigenvalue weighted by molar-refractivity contribution is -0.119. The topological polar surface area (TPSA) is 102 Å². The Morgan fingerprint density at radius 3 is 2.25 bits per heavy atom. The second-order valence-corrected chi connectivity index (χ2v) is 7.38. The summed E-state index contributed by atoms with van der Waals surface area (Å²) < 4.78 is 40.0. The largest absolute Gasteiger partial charge is 0.452 e. The summed E-state index contributed by atoms with van der Waals surface area (Å²) in [5.74, 6) is -1.60. The quantitative estimate of drug-likeness (QED) is 0.311. The zero-order valence-electron chi connectivity index (χ0n) is 18.6. The number of furan rings is 1. The molecular formula is C27H18F2N2O5.